The smallest absolute Gasteiger partial charge is 0.407 e. The first-order valence-electron chi connectivity index (χ1n) is 8.44. The molecular weight excluding hydrogens is 394 g/mol. The van der Waals surface area contributed by atoms with Gasteiger partial charge >= 0.3 is 6.09 Å². The fraction of sp³-hybridized carbons (Fsp3) is 0.200. The summed E-state index contributed by atoms with van der Waals surface area (Å²) >= 11 is 3.54. The van der Waals surface area contributed by atoms with Gasteiger partial charge in [-0.3, -0.25) is 0 Å². The van der Waals surface area contributed by atoms with Crippen molar-refractivity contribution in [2.24, 2.45) is 0 Å². The predicted molar refractivity (Wildman–Crippen MR) is 106 cm³/mol. The molecule has 5 nitrogen and oxygen atoms in total. The van der Waals surface area contributed by atoms with Crippen LogP contribution in [0.5, 0.6) is 0 Å². The quantitative estimate of drug-likeness (QED) is 0.618. The Morgan fingerprint density at radius 2 is 2.15 bits per heavy atom. The largest absolute Gasteiger partial charge is 0.465 e. The zero-order valence-corrected chi connectivity index (χ0v) is 15.9. The van der Waals surface area contributed by atoms with Crippen molar-refractivity contribution in [2.45, 2.75) is 13.3 Å². The molecule has 132 valence electrons. The highest BCUT2D eigenvalue weighted by atomic mass is 79.9. The van der Waals surface area contributed by atoms with Crippen molar-refractivity contribution in [3.05, 3.63) is 58.3 Å². The van der Waals surface area contributed by atoms with Crippen LogP contribution in [0.4, 0.5) is 4.79 Å². The van der Waals surface area contributed by atoms with Crippen LogP contribution < -0.4 is 0 Å². The normalized spacial score (nSPS) is 14.5. The lowest BCUT2D eigenvalue weighted by atomic mass is 9.93. The van der Waals surface area contributed by atoms with E-state index < -0.39 is 6.09 Å². The molecule has 0 spiro atoms. The zero-order valence-electron chi connectivity index (χ0n) is 14.3. The molecule has 3 aromatic rings. The van der Waals surface area contributed by atoms with Gasteiger partial charge in [-0.25, -0.2) is 9.78 Å². The Labute approximate surface area is 159 Å². The number of aromatic nitrogens is 2. The number of hydrogen-bond acceptors (Lipinski definition) is 2. The molecule has 6 heteroatoms. The van der Waals surface area contributed by atoms with Gasteiger partial charge in [0.25, 0.3) is 0 Å². The van der Waals surface area contributed by atoms with Gasteiger partial charge in [-0.1, -0.05) is 24.3 Å². The number of benzene rings is 1. The minimum atomic E-state index is -0.855. The molecule has 0 aliphatic carbocycles. The van der Waals surface area contributed by atoms with Gasteiger partial charge in [0.15, 0.2) is 0 Å². The number of pyridine rings is 1. The number of H-pyrrole nitrogens is 1. The van der Waals surface area contributed by atoms with Crippen molar-refractivity contribution in [1.82, 2.24) is 14.9 Å². The first kappa shape index (κ1) is 16.8. The van der Waals surface area contributed by atoms with E-state index in [0.29, 0.717) is 13.1 Å². The minimum absolute atomic E-state index is 0.452. The van der Waals surface area contributed by atoms with Gasteiger partial charge in [0.05, 0.1) is 0 Å². The fourth-order valence-corrected chi connectivity index (χ4v) is 3.84. The number of rotatable bonds is 2. The SMILES string of the molecule is Cc1cc(-c2cnc3[nH]cc(Br)c3c2)ccc1C1=CCN(C(=O)O)CC1. The van der Waals surface area contributed by atoms with Gasteiger partial charge in [0, 0.05) is 40.9 Å². The highest BCUT2D eigenvalue weighted by Gasteiger charge is 2.18. The molecule has 1 amide bonds. The van der Waals surface area contributed by atoms with E-state index in [2.05, 4.69) is 57.1 Å². The van der Waals surface area contributed by atoms with Crippen LogP contribution in [0, 0.1) is 6.92 Å². The van der Waals surface area contributed by atoms with Crippen molar-refractivity contribution in [1.29, 1.82) is 0 Å². The lowest BCUT2D eigenvalue weighted by molar-refractivity contribution is 0.150. The first-order valence-corrected chi connectivity index (χ1v) is 9.23. The molecule has 3 heterocycles. The van der Waals surface area contributed by atoms with Crippen LogP contribution in [0.25, 0.3) is 27.7 Å². The number of fused-ring (bicyclic) bond motifs is 1. The van der Waals surface area contributed by atoms with E-state index >= 15 is 0 Å². The van der Waals surface area contributed by atoms with Crippen LogP contribution >= 0.6 is 15.9 Å². The van der Waals surface area contributed by atoms with E-state index in [4.69, 9.17) is 5.11 Å². The van der Waals surface area contributed by atoms with Crippen molar-refractivity contribution >= 4 is 38.6 Å². The standard InChI is InChI=1S/C20H18BrN3O2/c1-12-8-14(15-9-17-18(21)11-23-19(17)22-10-15)2-3-16(12)13-4-6-24(7-5-13)20(25)26/h2-4,8-11H,5-7H2,1H3,(H,22,23)(H,25,26). The Balaban J connectivity index is 1.65. The fourth-order valence-electron chi connectivity index (χ4n) is 3.42. The Morgan fingerprint density at radius 1 is 1.31 bits per heavy atom. The monoisotopic (exact) mass is 411 g/mol. The second-order valence-corrected chi connectivity index (χ2v) is 7.35. The van der Waals surface area contributed by atoms with E-state index in [1.54, 1.807) is 0 Å². The van der Waals surface area contributed by atoms with Gasteiger partial charge in [0.1, 0.15) is 5.65 Å². The molecule has 2 aromatic heterocycles. The maximum atomic E-state index is 11.0. The van der Waals surface area contributed by atoms with Crippen LogP contribution in [0.15, 0.2) is 47.2 Å². The van der Waals surface area contributed by atoms with E-state index in [1.165, 1.54) is 21.6 Å². The molecule has 0 unspecified atom stereocenters. The summed E-state index contributed by atoms with van der Waals surface area (Å²) in [5.41, 5.74) is 6.65. The Bertz CT molecular complexity index is 1040. The molecule has 0 radical (unpaired) electrons. The summed E-state index contributed by atoms with van der Waals surface area (Å²) in [4.78, 5) is 20.1. The maximum Gasteiger partial charge on any atom is 0.407 e. The van der Waals surface area contributed by atoms with Gasteiger partial charge in [-0.05, 0) is 57.6 Å². The number of nitrogens with one attached hydrogen (secondary N) is 1. The molecule has 0 atom stereocenters. The molecule has 1 aliphatic rings. The van der Waals surface area contributed by atoms with Crippen LogP contribution in [0.3, 0.4) is 0 Å². The molecule has 1 aromatic carbocycles. The molecule has 26 heavy (non-hydrogen) atoms. The molecule has 0 saturated heterocycles. The molecule has 4 rings (SSSR count). The summed E-state index contributed by atoms with van der Waals surface area (Å²) in [6.07, 6.45) is 5.68. The molecule has 1 aliphatic heterocycles. The molecule has 2 N–H and O–H groups in total. The number of amides is 1. The third-order valence-electron chi connectivity index (χ3n) is 4.87. The summed E-state index contributed by atoms with van der Waals surface area (Å²) < 4.78 is 1.01. The summed E-state index contributed by atoms with van der Waals surface area (Å²) in [5, 5.41) is 10.1. The van der Waals surface area contributed by atoms with Gasteiger partial charge in [-0.15, -0.1) is 0 Å². The average molecular weight is 412 g/mol. The highest BCUT2D eigenvalue weighted by molar-refractivity contribution is 9.10. The predicted octanol–water partition coefficient (Wildman–Crippen LogP) is 5.07. The molecule has 0 bridgehead atoms. The zero-order chi connectivity index (χ0) is 18.3. The van der Waals surface area contributed by atoms with E-state index in [0.717, 1.165) is 33.1 Å². The summed E-state index contributed by atoms with van der Waals surface area (Å²) in [6, 6.07) is 8.53. The summed E-state index contributed by atoms with van der Waals surface area (Å²) in [7, 11) is 0. The van der Waals surface area contributed by atoms with Gasteiger partial charge < -0.3 is 15.0 Å². The number of hydrogen-bond donors (Lipinski definition) is 2. The second-order valence-electron chi connectivity index (χ2n) is 6.49. The number of halogens is 1. The number of aromatic amines is 1. The summed E-state index contributed by atoms with van der Waals surface area (Å²) in [6.45, 7) is 3.10. The van der Waals surface area contributed by atoms with E-state index in [-0.39, 0.29) is 0 Å². The average Bonchev–Trinajstić information content (AvgIpc) is 3.02. The Kier molecular flexibility index (Phi) is 4.28. The van der Waals surface area contributed by atoms with Gasteiger partial charge in [0.2, 0.25) is 0 Å². The van der Waals surface area contributed by atoms with Crippen LogP contribution in [0.2, 0.25) is 0 Å². The second kappa shape index (κ2) is 6.61. The molecular formula is C20H18BrN3O2. The topological polar surface area (TPSA) is 69.2 Å². The number of carboxylic acid groups (broad SMARTS) is 1. The number of aryl methyl sites for hydroxylation is 1. The first-order chi connectivity index (χ1) is 12.5. The lowest BCUT2D eigenvalue weighted by Gasteiger charge is -2.24. The molecule has 0 saturated carbocycles. The third kappa shape index (κ3) is 3.01. The summed E-state index contributed by atoms with van der Waals surface area (Å²) in [5.74, 6) is 0. The van der Waals surface area contributed by atoms with Crippen molar-refractivity contribution in [2.75, 3.05) is 13.1 Å². The van der Waals surface area contributed by atoms with Crippen molar-refractivity contribution < 1.29 is 9.90 Å². The lowest BCUT2D eigenvalue weighted by Crippen LogP contribution is -2.33. The van der Waals surface area contributed by atoms with Crippen molar-refractivity contribution in [3.8, 4) is 11.1 Å². The van der Waals surface area contributed by atoms with E-state index in [9.17, 15) is 4.79 Å². The van der Waals surface area contributed by atoms with Crippen molar-refractivity contribution in [3.63, 3.8) is 0 Å². The molecule has 0 fully saturated rings. The van der Waals surface area contributed by atoms with Crippen LogP contribution in [-0.2, 0) is 0 Å². The number of nitrogens with zero attached hydrogens (tertiary/aromatic N) is 2. The third-order valence-corrected chi connectivity index (χ3v) is 5.52. The highest BCUT2D eigenvalue weighted by Crippen LogP contribution is 2.31. The van der Waals surface area contributed by atoms with Crippen LogP contribution in [-0.4, -0.2) is 39.2 Å². The van der Waals surface area contributed by atoms with Crippen LogP contribution in [0.1, 0.15) is 17.5 Å². The van der Waals surface area contributed by atoms with Gasteiger partial charge in [-0.2, -0.15) is 0 Å². The minimum Gasteiger partial charge on any atom is -0.465 e. The van der Waals surface area contributed by atoms with E-state index in [1.807, 2.05) is 18.5 Å². The Morgan fingerprint density at radius 3 is 2.85 bits per heavy atom. The Hall–Kier alpha value is -2.60. The number of carbonyl (C=O) groups is 1. The maximum absolute atomic E-state index is 11.0.